The first kappa shape index (κ1) is 16.0. The molecule has 0 aromatic rings. The van der Waals surface area contributed by atoms with Crippen LogP contribution in [0.1, 0.15) is 79.1 Å². The highest BCUT2D eigenvalue weighted by atomic mass is 16.2. The minimum Gasteiger partial charge on any atom is -0.396 e. The van der Waals surface area contributed by atoms with Crippen LogP contribution >= 0.6 is 0 Å². The zero-order chi connectivity index (χ0) is 12.4. The van der Waals surface area contributed by atoms with Crippen molar-refractivity contribution in [1.82, 2.24) is 0 Å². The van der Waals surface area contributed by atoms with Gasteiger partial charge in [-0.05, 0) is 30.6 Å². The average molecular weight is 228 g/mol. The lowest BCUT2D eigenvalue weighted by Crippen LogP contribution is -2.15. The van der Waals surface area contributed by atoms with E-state index in [9.17, 15) is 0 Å². The number of rotatable bonds is 10. The van der Waals surface area contributed by atoms with Gasteiger partial charge < -0.3 is 5.11 Å². The Labute approximate surface area is 103 Å². The molecule has 0 aromatic heterocycles. The van der Waals surface area contributed by atoms with Crippen molar-refractivity contribution in [3.05, 3.63) is 0 Å². The summed E-state index contributed by atoms with van der Waals surface area (Å²) < 4.78 is 0. The molecule has 1 N–H and O–H groups in total. The van der Waals surface area contributed by atoms with Crippen LogP contribution in [-0.4, -0.2) is 11.7 Å². The fourth-order valence-corrected chi connectivity index (χ4v) is 2.78. The van der Waals surface area contributed by atoms with Gasteiger partial charge in [0.05, 0.1) is 0 Å². The second-order valence-electron chi connectivity index (χ2n) is 6.15. The third-order valence-corrected chi connectivity index (χ3v) is 3.43. The van der Waals surface area contributed by atoms with E-state index in [1.165, 1.54) is 44.9 Å². The molecule has 0 radical (unpaired) electrons. The molecule has 1 heteroatoms. The van der Waals surface area contributed by atoms with Crippen molar-refractivity contribution in [2.45, 2.75) is 79.1 Å². The molecule has 1 unspecified atom stereocenters. The summed E-state index contributed by atoms with van der Waals surface area (Å²) in [6.07, 6.45) is 10.2. The molecule has 0 spiro atoms. The highest BCUT2D eigenvalue weighted by molar-refractivity contribution is 4.71. The van der Waals surface area contributed by atoms with Crippen LogP contribution in [0.4, 0.5) is 0 Å². The van der Waals surface area contributed by atoms with Crippen LogP contribution in [0.15, 0.2) is 0 Å². The summed E-state index contributed by atoms with van der Waals surface area (Å²) >= 11 is 0. The third-order valence-electron chi connectivity index (χ3n) is 3.43. The highest BCUT2D eigenvalue weighted by Gasteiger charge is 2.19. The molecule has 0 aliphatic heterocycles. The van der Waals surface area contributed by atoms with Crippen molar-refractivity contribution in [2.24, 2.45) is 11.3 Å². The third kappa shape index (κ3) is 9.21. The highest BCUT2D eigenvalue weighted by Crippen LogP contribution is 2.32. The number of aliphatic hydroxyl groups excluding tert-OH is 1. The normalized spacial score (nSPS) is 14.1. The molecule has 0 amide bonds. The van der Waals surface area contributed by atoms with Crippen molar-refractivity contribution >= 4 is 0 Å². The molecule has 0 bridgehead atoms. The second kappa shape index (κ2) is 9.04. The number of unbranched alkanes of at least 4 members (excludes halogenated alkanes) is 3. The number of hydrogen-bond donors (Lipinski definition) is 1. The van der Waals surface area contributed by atoms with E-state index in [1.54, 1.807) is 0 Å². The standard InChI is InChI=1S/C15H32O/c1-5-11-15(3,4)13-14(2)10-8-6-7-9-12-16/h14,16H,5-13H2,1-4H3. The van der Waals surface area contributed by atoms with Gasteiger partial charge in [-0.25, -0.2) is 0 Å². The van der Waals surface area contributed by atoms with Crippen LogP contribution in [0.3, 0.4) is 0 Å². The molecule has 0 heterocycles. The maximum Gasteiger partial charge on any atom is 0.0431 e. The molecule has 0 aliphatic carbocycles. The molecule has 0 rings (SSSR count). The second-order valence-corrected chi connectivity index (χ2v) is 6.15. The van der Waals surface area contributed by atoms with E-state index in [2.05, 4.69) is 27.7 Å². The largest absolute Gasteiger partial charge is 0.396 e. The molecule has 1 atom stereocenters. The quantitative estimate of drug-likeness (QED) is 0.533. The molecule has 98 valence electrons. The summed E-state index contributed by atoms with van der Waals surface area (Å²) in [5.74, 6) is 0.857. The van der Waals surface area contributed by atoms with Crippen LogP contribution in [0.25, 0.3) is 0 Å². The lowest BCUT2D eigenvalue weighted by Gasteiger charge is -2.27. The molecular formula is C15H32O. The van der Waals surface area contributed by atoms with Crippen molar-refractivity contribution in [1.29, 1.82) is 0 Å². The van der Waals surface area contributed by atoms with Crippen molar-refractivity contribution in [3.63, 3.8) is 0 Å². The van der Waals surface area contributed by atoms with E-state index in [0.29, 0.717) is 12.0 Å². The van der Waals surface area contributed by atoms with E-state index in [1.807, 2.05) is 0 Å². The molecule has 16 heavy (non-hydrogen) atoms. The summed E-state index contributed by atoms with van der Waals surface area (Å²) in [5, 5.41) is 8.69. The topological polar surface area (TPSA) is 20.2 Å². The minimum absolute atomic E-state index is 0.360. The maximum atomic E-state index is 8.69. The predicted molar refractivity (Wildman–Crippen MR) is 72.6 cm³/mol. The van der Waals surface area contributed by atoms with Gasteiger partial charge in [0.1, 0.15) is 0 Å². The van der Waals surface area contributed by atoms with Gasteiger partial charge in [0.25, 0.3) is 0 Å². The molecule has 0 aromatic carbocycles. The lowest BCUT2D eigenvalue weighted by atomic mass is 9.78. The van der Waals surface area contributed by atoms with Gasteiger partial charge in [0.2, 0.25) is 0 Å². The first-order valence-corrected chi connectivity index (χ1v) is 7.12. The van der Waals surface area contributed by atoms with Gasteiger partial charge in [0, 0.05) is 6.61 Å². The SMILES string of the molecule is CCCC(C)(C)CC(C)CCCCCCO. The van der Waals surface area contributed by atoms with Gasteiger partial charge in [-0.2, -0.15) is 0 Å². The zero-order valence-electron chi connectivity index (χ0n) is 11.9. The molecule has 0 saturated heterocycles. The van der Waals surface area contributed by atoms with Crippen LogP contribution in [0, 0.1) is 11.3 Å². The number of aliphatic hydroxyl groups is 1. The van der Waals surface area contributed by atoms with Crippen molar-refractivity contribution in [3.8, 4) is 0 Å². The van der Waals surface area contributed by atoms with E-state index < -0.39 is 0 Å². The smallest absolute Gasteiger partial charge is 0.0431 e. The summed E-state index contributed by atoms with van der Waals surface area (Å²) in [6.45, 7) is 9.83. The van der Waals surface area contributed by atoms with Crippen LogP contribution in [-0.2, 0) is 0 Å². The Morgan fingerprint density at radius 3 is 2.25 bits per heavy atom. The maximum absolute atomic E-state index is 8.69. The van der Waals surface area contributed by atoms with Gasteiger partial charge in [-0.1, -0.05) is 59.8 Å². The Morgan fingerprint density at radius 2 is 1.69 bits per heavy atom. The van der Waals surface area contributed by atoms with Gasteiger partial charge in [-0.3, -0.25) is 0 Å². The summed E-state index contributed by atoms with van der Waals surface area (Å²) in [7, 11) is 0. The number of hydrogen-bond acceptors (Lipinski definition) is 1. The first-order chi connectivity index (χ1) is 7.52. The Hall–Kier alpha value is -0.0400. The zero-order valence-corrected chi connectivity index (χ0v) is 11.9. The van der Waals surface area contributed by atoms with Gasteiger partial charge in [-0.15, -0.1) is 0 Å². The molecular weight excluding hydrogens is 196 g/mol. The minimum atomic E-state index is 0.360. The fraction of sp³-hybridized carbons (Fsp3) is 1.00. The molecule has 0 fully saturated rings. The van der Waals surface area contributed by atoms with Crippen LogP contribution < -0.4 is 0 Å². The van der Waals surface area contributed by atoms with Gasteiger partial charge in [0.15, 0.2) is 0 Å². The van der Waals surface area contributed by atoms with E-state index in [-0.39, 0.29) is 0 Å². The lowest BCUT2D eigenvalue weighted by molar-refractivity contribution is 0.243. The Morgan fingerprint density at radius 1 is 1.06 bits per heavy atom. The summed E-state index contributed by atoms with van der Waals surface area (Å²) in [6, 6.07) is 0. The van der Waals surface area contributed by atoms with Crippen molar-refractivity contribution in [2.75, 3.05) is 6.61 Å². The van der Waals surface area contributed by atoms with E-state index in [0.717, 1.165) is 12.3 Å². The van der Waals surface area contributed by atoms with Crippen LogP contribution in [0.2, 0.25) is 0 Å². The predicted octanol–water partition coefficient (Wildman–Crippen LogP) is 4.78. The Bertz CT molecular complexity index is 152. The van der Waals surface area contributed by atoms with E-state index in [4.69, 9.17) is 5.11 Å². The van der Waals surface area contributed by atoms with Crippen molar-refractivity contribution < 1.29 is 5.11 Å². The van der Waals surface area contributed by atoms with E-state index >= 15 is 0 Å². The van der Waals surface area contributed by atoms with Crippen LogP contribution in [0.5, 0.6) is 0 Å². The summed E-state index contributed by atoms with van der Waals surface area (Å²) in [5.41, 5.74) is 0.527. The monoisotopic (exact) mass is 228 g/mol. The molecule has 0 aliphatic rings. The fourth-order valence-electron chi connectivity index (χ4n) is 2.78. The Balaban J connectivity index is 3.53. The molecule has 1 nitrogen and oxygen atoms in total. The van der Waals surface area contributed by atoms with Gasteiger partial charge >= 0.3 is 0 Å². The molecule has 0 saturated carbocycles. The Kier molecular flexibility index (Phi) is 9.02. The average Bonchev–Trinajstić information content (AvgIpc) is 2.16. The summed E-state index contributed by atoms with van der Waals surface area (Å²) in [4.78, 5) is 0. The first-order valence-electron chi connectivity index (χ1n) is 7.12.